The van der Waals surface area contributed by atoms with Crippen LogP contribution in [0.4, 0.5) is 10.1 Å². The predicted molar refractivity (Wildman–Crippen MR) is 78.3 cm³/mol. The minimum absolute atomic E-state index is 0.272. The number of thiocarbonyl (C=S) groups is 1. The van der Waals surface area contributed by atoms with E-state index in [0.29, 0.717) is 11.0 Å². The van der Waals surface area contributed by atoms with E-state index in [2.05, 4.69) is 29.7 Å². The summed E-state index contributed by atoms with van der Waals surface area (Å²) in [6.07, 6.45) is 3.97. The van der Waals surface area contributed by atoms with E-state index < -0.39 is 0 Å². The molecule has 1 aromatic carbocycles. The first-order valence-electron chi connectivity index (χ1n) is 6.01. The molecular weight excluding hydrogens is 249 g/mol. The van der Waals surface area contributed by atoms with Gasteiger partial charge in [0, 0.05) is 11.9 Å². The summed E-state index contributed by atoms with van der Waals surface area (Å²) >= 11 is 5.06. The van der Waals surface area contributed by atoms with Crippen LogP contribution < -0.4 is 10.7 Å². The minimum Gasteiger partial charge on any atom is -0.331 e. The first-order chi connectivity index (χ1) is 8.65. The minimum atomic E-state index is -0.272. The van der Waals surface area contributed by atoms with Gasteiger partial charge in [0.1, 0.15) is 5.82 Å². The summed E-state index contributed by atoms with van der Waals surface area (Å²) in [7, 11) is 0. The maximum atomic E-state index is 12.7. The molecule has 1 rings (SSSR count). The average molecular weight is 267 g/mol. The van der Waals surface area contributed by atoms with Gasteiger partial charge in [-0.25, -0.2) is 4.39 Å². The van der Waals surface area contributed by atoms with E-state index in [9.17, 15) is 4.39 Å². The molecule has 5 heteroatoms. The second-order valence-corrected chi connectivity index (χ2v) is 4.34. The van der Waals surface area contributed by atoms with Gasteiger partial charge in [-0.15, -0.1) is 0 Å². The van der Waals surface area contributed by atoms with E-state index in [4.69, 9.17) is 12.2 Å². The van der Waals surface area contributed by atoms with Gasteiger partial charge in [0.05, 0.1) is 0 Å². The molecule has 0 aliphatic carbocycles. The van der Waals surface area contributed by atoms with Gasteiger partial charge < -0.3 is 5.32 Å². The van der Waals surface area contributed by atoms with Crippen molar-refractivity contribution in [3.8, 4) is 0 Å². The molecule has 0 saturated carbocycles. The van der Waals surface area contributed by atoms with Gasteiger partial charge in [-0.05, 0) is 55.2 Å². The lowest BCUT2D eigenvalue weighted by atomic mass is 10.1. The zero-order valence-electron chi connectivity index (χ0n) is 10.6. The topological polar surface area (TPSA) is 36.4 Å². The van der Waals surface area contributed by atoms with E-state index in [1.54, 1.807) is 12.1 Å². The molecule has 0 amide bonds. The third-order valence-corrected chi connectivity index (χ3v) is 2.80. The fourth-order valence-corrected chi connectivity index (χ4v) is 1.56. The summed E-state index contributed by atoms with van der Waals surface area (Å²) in [6, 6.07) is 5.98. The Morgan fingerprint density at radius 2 is 1.94 bits per heavy atom. The van der Waals surface area contributed by atoms with Crippen LogP contribution in [0, 0.1) is 11.7 Å². The van der Waals surface area contributed by atoms with Gasteiger partial charge in [-0.1, -0.05) is 13.8 Å². The number of anilines is 1. The molecule has 2 N–H and O–H groups in total. The molecule has 18 heavy (non-hydrogen) atoms. The standard InChI is InChI=1S/C13H18FN3S/c1-3-10(4-2)9-15-17-13(18)16-12-7-5-11(14)6-8-12/h5-10H,3-4H2,1-2H3,(H2,16,17,18)/b15-9-. The molecule has 3 nitrogen and oxygen atoms in total. The summed E-state index contributed by atoms with van der Waals surface area (Å²) in [6.45, 7) is 4.24. The molecular formula is C13H18FN3S. The van der Waals surface area contributed by atoms with Crippen molar-refractivity contribution in [2.24, 2.45) is 11.0 Å². The molecule has 98 valence electrons. The molecule has 0 spiro atoms. The third-order valence-electron chi connectivity index (χ3n) is 2.60. The molecule has 0 atom stereocenters. The molecule has 0 aliphatic rings. The molecule has 0 saturated heterocycles. The predicted octanol–water partition coefficient (Wildman–Crippen LogP) is 3.53. The van der Waals surface area contributed by atoms with Gasteiger partial charge >= 0.3 is 0 Å². The molecule has 0 aromatic heterocycles. The van der Waals surface area contributed by atoms with Crippen molar-refractivity contribution in [3.63, 3.8) is 0 Å². The van der Waals surface area contributed by atoms with Crippen molar-refractivity contribution in [2.75, 3.05) is 5.32 Å². The van der Waals surface area contributed by atoms with Crippen molar-refractivity contribution >= 4 is 29.2 Å². The largest absolute Gasteiger partial charge is 0.331 e. The number of halogens is 1. The number of hydrogen-bond donors (Lipinski definition) is 2. The maximum absolute atomic E-state index is 12.7. The number of benzene rings is 1. The van der Waals surface area contributed by atoms with Crippen molar-refractivity contribution < 1.29 is 4.39 Å². The smallest absolute Gasteiger partial charge is 0.191 e. The van der Waals surface area contributed by atoms with Crippen molar-refractivity contribution in [2.45, 2.75) is 26.7 Å². The Balaban J connectivity index is 2.40. The van der Waals surface area contributed by atoms with Crippen LogP contribution in [0.5, 0.6) is 0 Å². The van der Waals surface area contributed by atoms with Crippen LogP contribution in [0.3, 0.4) is 0 Å². The van der Waals surface area contributed by atoms with E-state index in [-0.39, 0.29) is 5.82 Å². The van der Waals surface area contributed by atoms with Crippen LogP contribution in [0.2, 0.25) is 0 Å². The summed E-state index contributed by atoms with van der Waals surface area (Å²) in [5.74, 6) is 0.192. The summed E-state index contributed by atoms with van der Waals surface area (Å²) in [5.41, 5.74) is 3.47. The zero-order valence-corrected chi connectivity index (χ0v) is 11.4. The van der Waals surface area contributed by atoms with E-state index in [0.717, 1.165) is 18.5 Å². The van der Waals surface area contributed by atoms with E-state index in [1.807, 2.05) is 6.21 Å². The van der Waals surface area contributed by atoms with Crippen molar-refractivity contribution in [3.05, 3.63) is 30.1 Å². The third kappa shape index (κ3) is 5.23. The number of nitrogens with zero attached hydrogens (tertiary/aromatic N) is 1. The van der Waals surface area contributed by atoms with Crippen molar-refractivity contribution in [1.82, 2.24) is 5.43 Å². The zero-order chi connectivity index (χ0) is 13.4. The quantitative estimate of drug-likeness (QED) is 0.487. The Morgan fingerprint density at radius 1 is 1.33 bits per heavy atom. The molecule has 0 bridgehead atoms. The number of hydrazone groups is 1. The van der Waals surface area contributed by atoms with Gasteiger partial charge in [0.25, 0.3) is 0 Å². The Bertz CT molecular complexity index is 399. The van der Waals surface area contributed by atoms with Crippen LogP contribution in [-0.2, 0) is 0 Å². The maximum Gasteiger partial charge on any atom is 0.191 e. The number of nitrogens with one attached hydrogen (secondary N) is 2. The van der Waals surface area contributed by atoms with Gasteiger partial charge in [0.2, 0.25) is 0 Å². The molecule has 0 heterocycles. The fourth-order valence-electron chi connectivity index (χ4n) is 1.39. The highest BCUT2D eigenvalue weighted by Crippen LogP contribution is 2.07. The second-order valence-electron chi connectivity index (χ2n) is 3.93. The first kappa shape index (κ1) is 14.6. The van der Waals surface area contributed by atoms with Crippen LogP contribution in [-0.4, -0.2) is 11.3 Å². The monoisotopic (exact) mass is 267 g/mol. The summed E-state index contributed by atoms with van der Waals surface area (Å²) < 4.78 is 12.7. The first-order valence-corrected chi connectivity index (χ1v) is 6.42. The lowest BCUT2D eigenvalue weighted by molar-refractivity contribution is 0.628. The lowest BCUT2D eigenvalue weighted by Crippen LogP contribution is -2.24. The number of hydrogen-bond acceptors (Lipinski definition) is 2. The molecule has 0 radical (unpaired) electrons. The van der Waals surface area contributed by atoms with E-state index >= 15 is 0 Å². The fraction of sp³-hybridized carbons (Fsp3) is 0.385. The molecule has 1 aromatic rings. The van der Waals surface area contributed by atoms with Gasteiger partial charge in [-0.3, -0.25) is 5.43 Å². The number of rotatable bonds is 5. The molecule has 0 fully saturated rings. The highest BCUT2D eigenvalue weighted by atomic mass is 32.1. The van der Waals surface area contributed by atoms with Crippen LogP contribution in [0.25, 0.3) is 0 Å². The summed E-state index contributed by atoms with van der Waals surface area (Å²) in [4.78, 5) is 0. The Hall–Kier alpha value is -1.49. The normalized spacial score (nSPS) is 10.9. The Labute approximate surface area is 112 Å². The SMILES string of the molecule is CCC(/C=N\NC(=S)Nc1ccc(F)cc1)CC. The van der Waals surface area contributed by atoms with Crippen molar-refractivity contribution in [1.29, 1.82) is 0 Å². The van der Waals surface area contributed by atoms with Gasteiger partial charge in [-0.2, -0.15) is 5.10 Å². The highest BCUT2D eigenvalue weighted by Gasteiger charge is 1.99. The van der Waals surface area contributed by atoms with Crippen LogP contribution in [0.1, 0.15) is 26.7 Å². The lowest BCUT2D eigenvalue weighted by Gasteiger charge is -2.08. The average Bonchev–Trinajstić information content (AvgIpc) is 2.37. The Kier molecular flexibility index (Phi) is 6.28. The van der Waals surface area contributed by atoms with Crippen LogP contribution >= 0.6 is 12.2 Å². The molecule has 0 unspecified atom stereocenters. The highest BCUT2D eigenvalue weighted by molar-refractivity contribution is 7.80. The van der Waals surface area contributed by atoms with Crippen LogP contribution in [0.15, 0.2) is 29.4 Å². The van der Waals surface area contributed by atoms with E-state index in [1.165, 1.54) is 12.1 Å². The Morgan fingerprint density at radius 3 is 2.50 bits per heavy atom. The summed E-state index contributed by atoms with van der Waals surface area (Å²) in [5, 5.41) is 7.39. The van der Waals surface area contributed by atoms with Gasteiger partial charge in [0.15, 0.2) is 5.11 Å². The second kappa shape index (κ2) is 7.76. The molecule has 0 aliphatic heterocycles.